The van der Waals surface area contributed by atoms with Crippen LogP contribution in [0.15, 0.2) is 12.3 Å². The quantitative estimate of drug-likeness (QED) is 0.265. The fourth-order valence-electron chi connectivity index (χ4n) is 4.24. The molecule has 0 radical (unpaired) electrons. The molecular formula is C25H47N3O2. The molecule has 30 heavy (non-hydrogen) atoms. The Morgan fingerprint density at radius 3 is 2.33 bits per heavy atom. The van der Waals surface area contributed by atoms with Crippen molar-refractivity contribution in [1.29, 1.82) is 0 Å². The van der Waals surface area contributed by atoms with Gasteiger partial charge in [0, 0.05) is 31.6 Å². The summed E-state index contributed by atoms with van der Waals surface area (Å²) in [4.78, 5) is 29.1. The van der Waals surface area contributed by atoms with E-state index in [1.54, 1.807) is 0 Å². The summed E-state index contributed by atoms with van der Waals surface area (Å²) >= 11 is 0. The van der Waals surface area contributed by atoms with Crippen molar-refractivity contribution in [3.63, 3.8) is 0 Å². The van der Waals surface area contributed by atoms with Crippen LogP contribution in [0.2, 0.25) is 0 Å². The zero-order valence-electron chi connectivity index (χ0n) is 19.8. The first-order valence-electron chi connectivity index (χ1n) is 12.5. The van der Waals surface area contributed by atoms with Gasteiger partial charge in [0.1, 0.15) is 5.78 Å². The number of nitrogens with two attached hydrogens (primary N) is 1. The summed E-state index contributed by atoms with van der Waals surface area (Å²) in [7, 11) is 0. The number of rotatable bonds is 19. The molecule has 0 aromatic heterocycles. The minimum Gasteiger partial charge on any atom is -0.330 e. The largest absolute Gasteiger partial charge is 0.330 e. The van der Waals surface area contributed by atoms with Crippen molar-refractivity contribution >= 4 is 11.8 Å². The highest BCUT2D eigenvalue weighted by Crippen LogP contribution is 2.24. The van der Waals surface area contributed by atoms with Crippen molar-refractivity contribution in [3.8, 4) is 0 Å². The normalized spacial score (nSPS) is 15.3. The lowest BCUT2D eigenvalue weighted by Crippen LogP contribution is -2.36. The second kappa shape index (κ2) is 16.3. The van der Waals surface area contributed by atoms with E-state index in [1.807, 2.05) is 9.80 Å². The molecule has 2 amide bonds. The van der Waals surface area contributed by atoms with E-state index in [2.05, 4.69) is 20.4 Å². The van der Waals surface area contributed by atoms with Gasteiger partial charge >= 0.3 is 6.03 Å². The Bertz CT molecular complexity index is 507. The number of carbonyl (C=O) groups is 2. The van der Waals surface area contributed by atoms with E-state index < -0.39 is 0 Å². The molecule has 5 heteroatoms. The van der Waals surface area contributed by atoms with Gasteiger partial charge in [-0.25, -0.2) is 4.79 Å². The predicted molar refractivity (Wildman–Crippen MR) is 126 cm³/mol. The number of Topliss-reactive ketones (excluding diaryl/α,β-unsaturated/α-hetero) is 1. The second-order valence-corrected chi connectivity index (χ2v) is 9.00. The number of urea groups is 1. The summed E-state index contributed by atoms with van der Waals surface area (Å²) in [5.41, 5.74) is 6.55. The highest BCUT2D eigenvalue weighted by atomic mass is 16.2. The molecule has 1 aliphatic heterocycles. The first-order chi connectivity index (χ1) is 14.5. The lowest BCUT2D eigenvalue weighted by atomic mass is 9.93. The van der Waals surface area contributed by atoms with Gasteiger partial charge in [0.05, 0.1) is 6.54 Å². The molecule has 1 heterocycles. The Hall–Kier alpha value is -1.36. The Labute approximate surface area is 185 Å². The smallest absolute Gasteiger partial charge is 0.324 e. The van der Waals surface area contributed by atoms with Crippen LogP contribution in [0.1, 0.15) is 104 Å². The monoisotopic (exact) mass is 421 g/mol. The maximum absolute atomic E-state index is 12.8. The minimum atomic E-state index is 0.0665. The minimum absolute atomic E-state index is 0.0665. The van der Waals surface area contributed by atoms with Gasteiger partial charge in [-0.3, -0.25) is 9.69 Å². The van der Waals surface area contributed by atoms with Crippen LogP contribution in [0.25, 0.3) is 0 Å². The SMILES string of the molecule is C=C1CN(CC(CCCCN)CC(=O)CCCCCCCCC)C(=O)N1CCCC. The lowest BCUT2D eigenvalue weighted by molar-refractivity contribution is -0.120. The van der Waals surface area contributed by atoms with Crippen molar-refractivity contribution in [1.82, 2.24) is 9.80 Å². The number of ketones is 1. The van der Waals surface area contributed by atoms with Crippen molar-refractivity contribution in [2.45, 2.75) is 104 Å². The number of nitrogens with zero attached hydrogens (tertiary/aromatic N) is 2. The first-order valence-corrected chi connectivity index (χ1v) is 12.5. The Kier molecular flexibility index (Phi) is 14.5. The Morgan fingerprint density at radius 2 is 1.67 bits per heavy atom. The van der Waals surface area contributed by atoms with Crippen molar-refractivity contribution in [2.75, 3.05) is 26.2 Å². The van der Waals surface area contributed by atoms with Crippen LogP contribution in [0.3, 0.4) is 0 Å². The van der Waals surface area contributed by atoms with Crippen LogP contribution in [0.4, 0.5) is 4.79 Å². The Balaban J connectivity index is 2.45. The molecule has 0 aromatic carbocycles. The number of hydrogen-bond donors (Lipinski definition) is 1. The van der Waals surface area contributed by atoms with Gasteiger partial charge in [-0.15, -0.1) is 0 Å². The summed E-state index contributed by atoms with van der Waals surface area (Å²) in [5.74, 6) is 0.589. The predicted octanol–water partition coefficient (Wildman–Crippen LogP) is 5.88. The molecule has 0 aliphatic carbocycles. The fourth-order valence-corrected chi connectivity index (χ4v) is 4.24. The Morgan fingerprint density at radius 1 is 1.00 bits per heavy atom. The summed E-state index contributed by atoms with van der Waals surface area (Å²) in [5, 5.41) is 0. The van der Waals surface area contributed by atoms with Crippen LogP contribution in [0.5, 0.6) is 0 Å². The fraction of sp³-hybridized carbons (Fsp3) is 0.840. The van der Waals surface area contributed by atoms with E-state index >= 15 is 0 Å². The number of unbranched alkanes of at least 4 members (excludes halogenated alkanes) is 8. The molecular weight excluding hydrogens is 374 g/mol. The molecule has 1 fully saturated rings. The van der Waals surface area contributed by atoms with E-state index in [9.17, 15) is 9.59 Å². The molecule has 0 spiro atoms. The lowest BCUT2D eigenvalue weighted by Gasteiger charge is -2.23. The van der Waals surface area contributed by atoms with Crippen LogP contribution >= 0.6 is 0 Å². The summed E-state index contributed by atoms with van der Waals surface area (Å²) in [6.07, 6.45) is 14.9. The molecule has 5 nitrogen and oxygen atoms in total. The van der Waals surface area contributed by atoms with Gasteiger partial charge in [0.2, 0.25) is 0 Å². The molecule has 1 rings (SSSR count). The molecule has 2 N–H and O–H groups in total. The van der Waals surface area contributed by atoms with Gasteiger partial charge in [-0.05, 0) is 38.1 Å². The van der Waals surface area contributed by atoms with Crippen LogP contribution in [-0.2, 0) is 4.79 Å². The maximum Gasteiger partial charge on any atom is 0.324 e. The molecule has 1 atom stereocenters. The number of hydrogen-bond acceptors (Lipinski definition) is 3. The van der Waals surface area contributed by atoms with Crippen LogP contribution in [-0.4, -0.2) is 47.8 Å². The molecule has 0 bridgehead atoms. The van der Waals surface area contributed by atoms with Crippen molar-refractivity contribution in [3.05, 3.63) is 12.3 Å². The molecule has 0 aromatic rings. The summed E-state index contributed by atoms with van der Waals surface area (Å²) in [6.45, 7) is 11.1. The topological polar surface area (TPSA) is 66.6 Å². The first kappa shape index (κ1) is 26.7. The van der Waals surface area contributed by atoms with Crippen molar-refractivity contribution < 1.29 is 9.59 Å². The van der Waals surface area contributed by atoms with Gasteiger partial charge in [-0.2, -0.15) is 0 Å². The van der Waals surface area contributed by atoms with E-state index in [1.165, 1.54) is 32.1 Å². The average molecular weight is 422 g/mol. The highest BCUT2D eigenvalue weighted by molar-refractivity contribution is 5.80. The number of carbonyl (C=O) groups excluding carboxylic acids is 2. The molecule has 1 saturated heterocycles. The van der Waals surface area contributed by atoms with Gasteiger partial charge in [0.15, 0.2) is 0 Å². The molecule has 174 valence electrons. The highest BCUT2D eigenvalue weighted by Gasteiger charge is 2.32. The van der Waals surface area contributed by atoms with Crippen molar-refractivity contribution in [2.24, 2.45) is 11.7 Å². The third-order valence-corrected chi connectivity index (χ3v) is 6.11. The van der Waals surface area contributed by atoms with E-state index in [-0.39, 0.29) is 11.9 Å². The third-order valence-electron chi connectivity index (χ3n) is 6.11. The zero-order valence-corrected chi connectivity index (χ0v) is 19.8. The molecule has 1 unspecified atom stereocenters. The maximum atomic E-state index is 12.8. The summed E-state index contributed by atoms with van der Waals surface area (Å²) in [6, 6.07) is 0.0665. The second-order valence-electron chi connectivity index (χ2n) is 9.00. The van der Waals surface area contributed by atoms with Gasteiger partial charge < -0.3 is 10.6 Å². The van der Waals surface area contributed by atoms with E-state index in [0.29, 0.717) is 38.3 Å². The van der Waals surface area contributed by atoms with Gasteiger partial charge in [0.25, 0.3) is 0 Å². The van der Waals surface area contributed by atoms with Crippen LogP contribution < -0.4 is 5.73 Å². The third kappa shape index (κ3) is 10.6. The molecule has 0 saturated carbocycles. The standard InChI is InChI=1S/C25H47N3O2/c1-4-6-8-9-10-11-12-16-24(29)19-23(15-13-14-17-26)21-27-20-22(3)28(25(27)30)18-7-5-2/h23H,3-21,26H2,1-2H3. The average Bonchev–Trinajstić information content (AvgIpc) is 2.98. The number of amides is 2. The van der Waals surface area contributed by atoms with Gasteiger partial charge in [-0.1, -0.05) is 71.8 Å². The summed E-state index contributed by atoms with van der Waals surface area (Å²) < 4.78 is 0. The zero-order chi connectivity index (χ0) is 22.2. The van der Waals surface area contributed by atoms with E-state index in [0.717, 1.165) is 57.2 Å². The van der Waals surface area contributed by atoms with E-state index in [4.69, 9.17) is 5.73 Å². The van der Waals surface area contributed by atoms with Crippen LogP contribution in [0, 0.1) is 5.92 Å². The molecule has 1 aliphatic rings.